The third-order valence-corrected chi connectivity index (χ3v) is 5.84. The zero-order valence-electron chi connectivity index (χ0n) is 18.0. The SMILES string of the molecule is COc1cc(CNC(=O)c2nc3scc(COCc4ccc(C(=O)O)cc4)c3c(=O)[nH]2)ccn1. The summed E-state index contributed by atoms with van der Waals surface area (Å²) < 4.78 is 10.8. The molecule has 1 aromatic carbocycles. The number of ether oxygens (including phenoxy) is 2. The largest absolute Gasteiger partial charge is 0.481 e. The van der Waals surface area contributed by atoms with Crippen LogP contribution in [0.3, 0.4) is 0 Å². The van der Waals surface area contributed by atoms with E-state index in [0.29, 0.717) is 21.7 Å². The monoisotopic (exact) mass is 480 g/mol. The van der Waals surface area contributed by atoms with Crippen molar-refractivity contribution in [2.45, 2.75) is 19.8 Å². The second-order valence-electron chi connectivity index (χ2n) is 7.24. The molecule has 0 fully saturated rings. The summed E-state index contributed by atoms with van der Waals surface area (Å²) in [6.07, 6.45) is 1.58. The van der Waals surface area contributed by atoms with Crippen molar-refractivity contribution in [3.8, 4) is 5.88 Å². The van der Waals surface area contributed by atoms with E-state index in [4.69, 9.17) is 14.6 Å². The first-order valence-electron chi connectivity index (χ1n) is 10.1. The van der Waals surface area contributed by atoms with Crippen molar-refractivity contribution in [2.24, 2.45) is 0 Å². The molecule has 10 nitrogen and oxygen atoms in total. The molecule has 0 bridgehead atoms. The van der Waals surface area contributed by atoms with E-state index in [9.17, 15) is 14.4 Å². The minimum Gasteiger partial charge on any atom is -0.481 e. The van der Waals surface area contributed by atoms with E-state index in [1.54, 1.807) is 35.8 Å². The number of benzene rings is 1. The molecule has 3 N–H and O–H groups in total. The van der Waals surface area contributed by atoms with Gasteiger partial charge in [-0.15, -0.1) is 11.3 Å². The fourth-order valence-electron chi connectivity index (χ4n) is 3.18. The molecule has 0 aliphatic rings. The zero-order valence-corrected chi connectivity index (χ0v) is 18.8. The zero-order chi connectivity index (χ0) is 24.1. The number of carbonyl (C=O) groups is 2. The first kappa shape index (κ1) is 23.1. The maximum atomic E-state index is 12.7. The van der Waals surface area contributed by atoms with Crippen molar-refractivity contribution in [3.05, 3.63) is 86.4 Å². The fraction of sp³-hybridized carbons (Fsp3) is 0.174. The van der Waals surface area contributed by atoms with E-state index in [0.717, 1.165) is 11.1 Å². The van der Waals surface area contributed by atoms with Crippen molar-refractivity contribution in [1.82, 2.24) is 20.3 Å². The van der Waals surface area contributed by atoms with Gasteiger partial charge in [-0.25, -0.2) is 14.8 Å². The molecule has 0 unspecified atom stereocenters. The quantitative estimate of drug-likeness (QED) is 0.332. The van der Waals surface area contributed by atoms with Crippen molar-refractivity contribution < 1.29 is 24.2 Å². The van der Waals surface area contributed by atoms with Crippen molar-refractivity contribution in [2.75, 3.05) is 7.11 Å². The normalized spacial score (nSPS) is 10.9. The molecule has 4 rings (SSSR count). The number of nitrogens with one attached hydrogen (secondary N) is 2. The Kier molecular flexibility index (Phi) is 6.95. The number of rotatable bonds is 9. The number of methoxy groups -OCH3 is 1. The van der Waals surface area contributed by atoms with Gasteiger partial charge in [0.05, 0.1) is 31.3 Å². The lowest BCUT2D eigenvalue weighted by Crippen LogP contribution is -2.27. The molecule has 0 spiro atoms. The highest BCUT2D eigenvalue weighted by Crippen LogP contribution is 2.22. The summed E-state index contributed by atoms with van der Waals surface area (Å²) in [6.45, 7) is 0.639. The lowest BCUT2D eigenvalue weighted by molar-refractivity contribution is 0.0696. The molecule has 0 aliphatic heterocycles. The van der Waals surface area contributed by atoms with Gasteiger partial charge < -0.3 is 24.9 Å². The Morgan fingerprint density at radius 1 is 1.15 bits per heavy atom. The number of aromatic nitrogens is 3. The van der Waals surface area contributed by atoms with Crippen LogP contribution in [0.2, 0.25) is 0 Å². The van der Waals surface area contributed by atoms with Gasteiger partial charge in [-0.1, -0.05) is 12.1 Å². The molecule has 1 amide bonds. The molecule has 34 heavy (non-hydrogen) atoms. The van der Waals surface area contributed by atoms with Gasteiger partial charge in [0.2, 0.25) is 11.7 Å². The Morgan fingerprint density at radius 2 is 1.94 bits per heavy atom. The van der Waals surface area contributed by atoms with Crippen LogP contribution in [0.5, 0.6) is 5.88 Å². The molecule has 4 aromatic rings. The maximum Gasteiger partial charge on any atom is 0.335 e. The van der Waals surface area contributed by atoms with E-state index >= 15 is 0 Å². The van der Waals surface area contributed by atoms with Crippen LogP contribution in [0.1, 0.15) is 37.7 Å². The summed E-state index contributed by atoms with van der Waals surface area (Å²) in [5, 5.41) is 13.8. The molecular formula is C23H20N4O6S. The summed E-state index contributed by atoms with van der Waals surface area (Å²) in [5.41, 5.74) is 2.03. The van der Waals surface area contributed by atoms with Crippen LogP contribution < -0.4 is 15.6 Å². The number of pyridine rings is 1. The molecule has 3 heterocycles. The number of carbonyl (C=O) groups excluding carboxylic acids is 1. The predicted molar refractivity (Wildman–Crippen MR) is 124 cm³/mol. The summed E-state index contributed by atoms with van der Waals surface area (Å²) >= 11 is 1.25. The number of hydrogen-bond donors (Lipinski definition) is 3. The van der Waals surface area contributed by atoms with Crippen LogP contribution in [0.25, 0.3) is 10.2 Å². The standard InChI is InChI=1S/C23H20N4O6S/c1-32-17-8-14(6-7-24-17)9-25-21(29)19-26-20(28)18-16(12-34-22(18)27-19)11-33-10-13-2-4-15(5-3-13)23(30)31/h2-8,12H,9-11H2,1H3,(H,25,29)(H,30,31)(H,26,27,28). The molecule has 174 valence electrons. The van der Waals surface area contributed by atoms with E-state index in [-0.39, 0.29) is 31.1 Å². The highest BCUT2D eigenvalue weighted by atomic mass is 32.1. The van der Waals surface area contributed by atoms with Gasteiger partial charge in [-0.05, 0) is 34.7 Å². The van der Waals surface area contributed by atoms with Gasteiger partial charge in [-0.2, -0.15) is 0 Å². The van der Waals surface area contributed by atoms with Gasteiger partial charge in [0.1, 0.15) is 4.83 Å². The topological polar surface area (TPSA) is 144 Å². The number of hydrogen-bond acceptors (Lipinski definition) is 8. The molecule has 0 atom stereocenters. The van der Waals surface area contributed by atoms with E-state index in [2.05, 4.69) is 20.3 Å². The number of aromatic carboxylic acids is 1. The van der Waals surface area contributed by atoms with Crippen LogP contribution in [0, 0.1) is 0 Å². The summed E-state index contributed by atoms with van der Waals surface area (Å²) in [4.78, 5) is 47.4. The van der Waals surface area contributed by atoms with Gasteiger partial charge in [0, 0.05) is 24.4 Å². The second-order valence-corrected chi connectivity index (χ2v) is 8.10. The first-order chi connectivity index (χ1) is 16.4. The molecular weight excluding hydrogens is 460 g/mol. The van der Waals surface area contributed by atoms with Crippen molar-refractivity contribution in [1.29, 1.82) is 0 Å². The number of carboxylic acids is 1. The van der Waals surface area contributed by atoms with Crippen LogP contribution in [0.15, 0.2) is 52.8 Å². The van der Waals surface area contributed by atoms with Crippen LogP contribution in [-0.4, -0.2) is 39.0 Å². The highest BCUT2D eigenvalue weighted by molar-refractivity contribution is 7.16. The number of carboxylic acid groups (broad SMARTS) is 1. The Balaban J connectivity index is 1.40. The van der Waals surface area contributed by atoms with Crippen LogP contribution in [0.4, 0.5) is 0 Å². The van der Waals surface area contributed by atoms with Gasteiger partial charge >= 0.3 is 5.97 Å². The Labute approximate surface area is 197 Å². The minimum atomic E-state index is -0.991. The minimum absolute atomic E-state index is 0.0774. The van der Waals surface area contributed by atoms with Crippen molar-refractivity contribution >= 4 is 33.4 Å². The molecule has 11 heteroatoms. The van der Waals surface area contributed by atoms with Gasteiger partial charge in [0.15, 0.2) is 0 Å². The average Bonchev–Trinajstić information content (AvgIpc) is 3.26. The summed E-state index contributed by atoms with van der Waals surface area (Å²) in [7, 11) is 1.51. The van der Waals surface area contributed by atoms with Crippen molar-refractivity contribution in [3.63, 3.8) is 0 Å². The Hall–Kier alpha value is -4.09. The van der Waals surface area contributed by atoms with Gasteiger partial charge in [0.25, 0.3) is 11.5 Å². The lowest BCUT2D eigenvalue weighted by atomic mass is 10.1. The Morgan fingerprint density at radius 3 is 2.68 bits per heavy atom. The van der Waals surface area contributed by atoms with Crippen LogP contribution in [-0.2, 0) is 24.5 Å². The van der Waals surface area contributed by atoms with E-state index < -0.39 is 17.4 Å². The highest BCUT2D eigenvalue weighted by Gasteiger charge is 2.16. The average molecular weight is 481 g/mol. The van der Waals surface area contributed by atoms with Crippen LogP contribution >= 0.6 is 11.3 Å². The molecule has 0 radical (unpaired) electrons. The molecule has 0 saturated heterocycles. The number of aromatic amines is 1. The predicted octanol–water partition coefficient (Wildman–Crippen LogP) is 2.73. The third-order valence-electron chi connectivity index (χ3n) is 4.92. The Bertz CT molecular complexity index is 1400. The van der Waals surface area contributed by atoms with E-state index in [1.807, 2.05) is 0 Å². The molecule has 0 saturated carbocycles. The maximum absolute atomic E-state index is 12.7. The number of H-pyrrole nitrogens is 1. The molecule has 3 aromatic heterocycles. The van der Waals surface area contributed by atoms with Gasteiger partial charge in [-0.3, -0.25) is 9.59 Å². The number of amides is 1. The number of nitrogens with zero attached hydrogens (tertiary/aromatic N) is 2. The van der Waals surface area contributed by atoms with E-state index in [1.165, 1.54) is 30.6 Å². The second kappa shape index (κ2) is 10.2. The lowest BCUT2D eigenvalue weighted by Gasteiger charge is -2.06. The summed E-state index contributed by atoms with van der Waals surface area (Å²) in [6, 6.07) is 9.81. The third kappa shape index (κ3) is 5.27. The summed E-state index contributed by atoms with van der Waals surface area (Å²) in [5.74, 6) is -1.14. The molecule has 0 aliphatic carbocycles. The smallest absolute Gasteiger partial charge is 0.335 e. The fourth-order valence-corrected chi connectivity index (χ4v) is 4.11. The first-order valence-corrected chi connectivity index (χ1v) is 11.0. The number of fused-ring (bicyclic) bond motifs is 1. The number of thiophene rings is 1.